The molecule has 0 saturated carbocycles. The lowest BCUT2D eigenvalue weighted by molar-refractivity contribution is 0.0625. The number of piperidine rings is 1. The van der Waals surface area contributed by atoms with E-state index in [1.807, 2.05) is 0 Å². The van der Waals surface area contributed by atoms with E-state index in [0.29, 0.717) is 0 Å². The van der Waals surface area contributed by atoms with Gasteiger partial charge in [0.2, 0.25) is 0 Å². The molecule has 6 nitrogen and oxygen atoms in total. The van der Waals surface area contributed by atoms with E-state index >= 15 is 0 Å². The van der Waals surface area contributed by atoms with Crippen LogP contribution in [0.5, 0.6) is 0 Å². The first-order valence-corrected chi connectivity index (χ1v) is 10.2. The summed E-state index contributed by atoms with van der Waals surface area (Å²) in [7, 11) is 2.15. The second kappa shape index (κ2) is 11.7. The number of hydrogen-bond acceptors (Lipinski definition) is 4. The van der Waals surface area contributed by atoms with Gasteiger partial charge in [-0.25, -0.2) is 0 Å². The highest BCUT2D eigenvalue weighted by Crippen LogP contribution is 2.18. The van der Waals surface area contributed by atoms with Crippen LogP contribution in [0.25, 0.3) is 0 Å². The van der Waals surface area contributed by atoms with Gasteiger partial charge in [-0.15, -0.1) is 0 Å². The van der Waals surface area contributed by atoms with E-state index in [-0.39, 0.29) is 6.10 Å². The molecule has 2 heterocycles. The van der Waals surface area contributed by atoms with Crippen molar-refractivity contribution in [2.75, 3.05) is 59.5 Å². The second-order valence-corrected chi connectivity index (χ2v) is 7.43. The Bertz CT molecular complexity index is 378. The number of aliphatic hydroxyl groups is 1. The predicted octanol–water partition coefficient (Wildman–Crippen LogP) is 1.55. The summed E-state index contributed by atoms with van der Waals surface area (Å²) in [5.74, 6) is 1.83. The fourth-order valence-corrected chi connectivity index (χ4v) is 3.61. The van der Waals surface area contributed by atoms with Gasteiger partial charge in [-0.05, 0) is 57.9 Å². The summed E-state index contributed by atoms with van der Waals surface area (Å²) in [5.41, 5.74) is 0. The zero-order chi connectivity index (χ0) is 17.9. The molecular weight excluding hydrogens is 316 g/mol. The Hall–Kier alpha value is -0.850. The van der Waals surface area contributed by atoms with Gasteiger partial charge in [0.1, 0.15) is 0 Å². The molecule has 146 valence electrons. The van der Waals surface area contributed by atoms with Gasteiger partial charge in [-0.2, -0.15) is 0 Å². The molecule has 0 aliphatic carbocycles. The minimum atomic E-state index is -0.0843. The second-order valence-electron chi connectivity index (χ2n) is 7.43. The van der Waals surface area contributed by atoms with Gasteiger partial charge in [0, 0.05) is 53.0 Å². The van der Waals surface area contributed by atoms with Gasteiger partial charge in [-0.3, -0.25) is 4.99 Å². The van der Waals surface area contributed by atoms with Crippen molar-refractivity contribution in [1.82, 2.24) is 15.1 Å². The lowest BCUT2D eigenvalue weighted by atomic mass is 9.96. The number of aliphatic imine (C=N–C) groups is 1. The SMILES string of the molecule is CCNC(=NCCCN1CCC(O)CC1)N(C)CCC1CCOCC1. The number of hydrogen-bond donors (Lipinski definition) is 2. The predicted molar refractivity (Wildman–Crippen MR) is 103 cm³/mol. The molecular formula is C19H38N4O2. The Balaban J connectivity index is 1.67. The molecule has 25 heavy (non-hydrogen) atoms. The number of aliphatic hydroxyl groups excluding tert-OH is 1. The van der Waals surface area contributed by atoms with Crippen LogP contribution < -0.4 is 5.32 Å². The van der Waals surface area contributed by atoms with E-state index in [2.05, 4.69) is 29.1 Å². The highest BCUT2D eigenvalue weighted by molar-refractivity contribution is 5.79. The highest BCUT2D eigenvalue weighted by Gasteiger charge is 2.17. The fraction of sp³-hybridized carbons (Fsp3) is 0.947. The van der Waals surface area contributed by atoms with Gasteiger partial charge in [0.25, 0.3) is 0 Å². The lowest BCUT2D eigenvalue weighted by Gasteiger charge is -2.29. The minimum absolute atomic E-state index is 0.0843. The normalized spacial score (nSPS) is 21.5. The maximum Gasteiger partial charge on any atom is 0.193 e. The topological polar surface area (TPSA) is 60.3 Å². The molecule has 0 aromatic rings. The smallest absolute Gasteiger partial charge is 0.193 e. The van der Waals surface area contributed by atoms with Crippen LogP contribution in [0, 0.1) is 5.92 Å². The molecule has 0 aromatic carbocycles. The third-order valence-electron chi connectivity index (χ3n) is 5.36. The van der Waals surface area contributed by atoms with E-state index in [1.165, 1.54) is 19.3 Å². The summed E-state index contributed by atoms with van der Waals surface area (Å²) in [6.45, 7) is 9.94. The zero-order valence-corrected chi connectivity index (χ0v) is 16.3. The third kappa shape index (κ3) is 7.92. The first-order chi connectivity index (χ1) is 12.2. The molecule has 2 fully saturated rings. The van der Waals surface area contributed by atoms with Crippen LogP contribution in [-0.2, 0) is 4.74 Å². The number of likely N-dealkylation sites (tertiary alicyclic amines) is 1. The molecule has 0 aromatic heterocycles. The van der Waals surface area contributed by atoms with E-state index in [9.17, 15) is 5.11 Å². The van der Waals surface area contributed by atoms with Crippen molar-refractivity contribution >= 4 is 5.96 Å². The van der Waals surface area contributed by atoms with E-state index in [0.717, 1.165) is 83.6 Å². The van der Waals surface area contributed by atoms with Crippen LogP contribution >= 0.6 is 0 Å². The maximum absolute atomic E-state index is 9.57. The van der Waals surface area contributed by atoms with Crippen molar-refractivity contribution in [2.45, 2.75) is 51.6 Å². The standard InChI is InChI=1S/C19H38N4O2/c1-3-20-19(22(2)12-5-17-8-15-25-16-9-17)21-10-4-11-23-13-6-18(24)7-14-23/h17-18,24H,3-16H2,1-2H3,(H,20,21). The van der Waals surface area contributed by atoms with Crippen molar-refractivity contribution in [2.24, 2.45) is 10.9 Å². The number of ether oxygens (including phenoxy) is 1. The largest absolute Gasteiger partial charge is 0.393 e. The van der Waals surface area contributed by atoms with Gasteiger partial charge in [0.15, 0.2) is 5.96 Å². The summed E-state index contributed by atoms with van der Waals surface area (Å²) in [5, 5.41) is 13.0. The Morgan fingerprint density at radius 1 is 1.24 bits per heavy atom. The van der Waals surface area contributed by atoms with E-state index < -0.39 is 0 Å². The summed E-state index contributed by atoms with van der Waals surface area (Å²) in [6.07, 6.45) is 6.46. The first kappa shape index (κ1) is 20.5. The molecule has 2 N–H and O–H groups in total. The molecule has 2 aliphatic heterocycles. The van der Waals surface area contributed by atoms with Crippen molar-refractivity contribution < 1.29 is 9.84 Å². The zero-order valence-electron chi connectivity index (χ0n) is 16.3. The van der Waals surface area contributed by atoms with Crippen LogP contribution in [0.1, 0.15) is 45.4 Å². The monoisotopic (exact) mass is 354 g/mol. The summed E-state index contributed by atoms with van der Waals surface area (Å²) in [6, 6.07) is 0. The maximum atomic E-state index is 9.57. The van der Waals surface area contributed by atoms with Crippen molar-refractivity contribution in [3.8, 4) is 0 Å². The van der Waals surface area contributed by atoms with Crippen LogP contribution in [-0.4, -0.2) is 86.5 Å². The van der Waals surface area contributed by atoms with Crippen LogP contribution in [0.4, 0.5) is 0 Å². The molecule has 6 heteroatoms. The molecule has 0 atom stereocenters. The van der Waals surface area contributed by atoms with Crippen LogP contribution in [0.15, 0.2) is 4.99 Å². The highest BCUT2D eigenvalue weighted by atomic mass is 16.5. The molecule has 2 rings (SSSR count). The van der Waals surface area contributed by atoms with E-state index in [4.69, 9.17) is 9.73 Å². The molecule has 0 spiro atoms. The Labute approximate surface area is 153 Å². The fourth-order valence-electron chi connectivity index (χ4n) is 3.61. The number of rotatable bonds is 8. The quantitative estimate of drug-likeness (QED) is 0.393. The first-order valence-electron chi connectivity index (χ1n) is 10.2. The molecule has 2 saturated heterocycles. The van der Waals surface area contributed by atoms with Gasteiger partial charge in [0.05, 0.1) is 6.10 Å². The Morgan fingerprint density at radius 3 is 2.64 bits per heavy atom. The average molecular weight is 355 g/mol. The summed E-state index contributed by atoms with van der Waals surface area (Å²) < 4.78 is 5.45. The van der Waals surface area contributed by atoms with Gasteiger partial charge in [-0.1, -0.05) is 0 Å². The minimum Gasteiger partial charge on any atom is -0.393 e. The molecule has 0 unspecified atom stereocenters. The van der Waals surface area contributed by atoms with Crippen LogP contribution in [0.3, 0.4) is 0 Å². The molecule has 0 amide bonds. The van der Waals surface area contributed by atoms with Crippen molar-refractivity contribution in [3.63, 3.8) is 0 Å². The number of nitrogens with one attached hydrogen (secondary N) is 1. The van der Waals surface area contributed by atoms with Crippen molar-refractivity contribution in [1.29, 1.82) is 0 Å². The summed E-state index contributed by atoms with van der Waals surface area (Å²) >= 11 is 0. The Morgan fingerprint density at radius 2 is 1.96 bits per heavy atom. The molecule has 2 aliphatic rings. The van der Waals surface area contributed by atoms with Gasteiger partial charge >= 0.3 is 0 Å². The average Bonchev–Trinajstić information content (AvgIpc) is 2.64. The number of nitrogens with zero attached hydrogens (tertiary/aromatic N) is 3. The Kier molecular flexibility index (Phi) is 9.58. The van der Waals surface area contributed by atoms with Gasteiger partial charge < -0.3 is 25.0 Å². The molecule has 0 radical (unpaired) electrons. The van der Waals surface area contributed by atoms with E-state index in [1.54, 1.807) is 0 Å². The third-order valence-corrected chi connectivity index (χ3v) is 5.36. The summed E-state index contributed by atoms with van der Waals surface area (Å²) in [4.78, 5) is 9.53. The number of guanidine groups is 1. The van der Waals surface area contributed by atoms with Crippen LogP contribution in [0.2, 0.25) is 0 Å². The van der Waals surface area contributed by atoms with Crippen molar-refractivity contribution in [3.05, 3.63) is 0 Å². The molecule has 0 bridgehead atoms. The lowest BCUT2D eigenvalue weighted by Crippen LogP contribution is -2.40.